The van der Waals surface area contributed by atoms with Crippen molar-refractivity contribution in [3.63, 3.8) is 0 Å². The number of nitrogens with one attached hydrogen (secondary N) is 1. The van der Waals surface area contributed by atoms with Crippen molar-refractivity contribution in [3.8, 4) is 0 Å². The molecule has 0 aliphatic carbocycles. The molecular weight excluding hydrogens is 316 g/mol. The molecule has 24 heavy (non-hydrogen) atoms. The maximum Gasteiger partial charge on any atom is 0.271 e. The first-order valence-electron chi connectivity index (χ1n) is 7.45. The number of hydrogen-bond acceptors (Lipinski definition) is 8. The summed E-state index contributed by atoms with van der Waals surface area (Å²) in [5.74, 6) is 0.804. The molecule has 2 aromatic heterocycles. The molecule has 3 unspecified atom stereocenters. The zero-order chi connectivity index (χ0) is 17.1. The molecular formula is C15H16N4O5. The molecule has 1 fully saturated rings. The minimum atomic E-state index is -1.63. The first-order chi connectivity index (χ1) is 11.4. The predicted octanol–water partition coefficient (Wildman–Crippen LogP) is -0.517. The molecule has 2 aliphatic heterocycles. The number of aliphatic hydroxyl groups is 3. The zero-order valence-electron chi connectivity index (χ0n) is 12.7. The normalized spacial score (nSPS) is 31.4. The van der Waals surface area contributed by atoms with Crippen LogP contribution in [-0.4, -0.2) is 55.6 Å². The van der Waals surface area contributed by atoms with Gasteiger partial charge >= 0.3 is 0 Å². The lowest BCUT2D eigenvalue weighted by Crippen LogP contribution is -2.44. The zero-order valence-corrected chi connectivity index (χ0v) is 12.7. The Morgan fingerprint density at radius 2 is 2.25 bits per heavy atom. The Morgan fingerprint density at radius 3 is 2.96 bits per heavy atom. The topological polar surface area (TPSA) is 129 Å². The summed E-state index contributed by atoms with van der Waals surface area (Å²) in [4.78, 5) is 19.8. The van der Waals surface area contributed by atoms with Crippen LogP contribution >= 0.6 is 0 Å². The van der Waals surface area contributed by atoms with Gasteiger partial charge in [0.2, 0.25) is 0 Å². The fraction of sp³-hybridized carbons (Fsp3) is 0.400. The van der Waals surface area contributed by atoms with E-state index in [1.54, 1.807) is 16.8 Å². The molecule has 1 saturated heterocycles. The number of aliphatic imine (C=N–C) groups is 1. The third kappa shape index (κ3) is 1.99. The van der Waals surface area contributed by atoms with Gasteiger partial charge in [0.15, 0.2) is 6.23 Å². The second-order valence-corrected chi connectivity index (χ2v) is 6.10. The fourth-order valence-electron chi connectivity index (χ4n) is 3.23. The van der Waals surface area contributed by atoms with E-state index in [0.717, 1.165) is 0 Å². The molecule has 2 aromatic rings. The van der Waals surface area contributed by atoms with E-state index < -0.39 is 30.6 Å². The molecule has 4 heterocycles. The van der Waals surface area contributed by atoms with E-state index in [1.807, 2.05) is 0 Å². The maximum atomic E-state index is 11.6. The summed E-state index contributed by atoms with van der Waals surface area (Å²) in [6.45, 7) is 1.02. The third-order valence-electron chi connectivity index (χ3n) is 4.47. The van der Waals surface area contributed by atoms with Crippen LogP contribution in [-0.2, 0) is 4.74 Å². The van der Waals surface area contributed by atoms with Gasteiger partial charge in [-0.3, -0.25) is 4.79 Å². The van der Waals surface area contributed by atoms with Crippen molar-refractivity contribution in [2.24, 2.45) is 4.99 Å². The van der Waals surface area contributed by atoms with Crippen LogP contribution in [0.2, 0.25) is 0 Å². The monoisotopic (exact) mass is 332 g/mol. The molecule has 0 aromatic carbocycles. The second kappa shape index (κ2) is 5.08. The van der Waals surface area contributed by atoms with Crippen molar-refractivity contribution < 1.29 is 20.1 Å². The summed E-state index contributed by atoms with van der Waals surface area (Å²) in [5.41, 5.74) is -2.01. The smallest absolute Gasteiger partial charge is 0.271 e. The van der Waals surface area contributed by atoms with Crippen LogP contribution < -0.4 is 10.9 Å². The largest absolute Gasteiger partial charge is 0.394 e. The predicted molar refractivity (Wildman–Crippen MR) is 85.4 cm³/mol. The minimum Gasteiger partial charge on any atom is -0.394 e. The van der Waals surface area contributed by atoms with Gasteiger partial charge in [0.25, 0.3) is 5.56 Å². The first kappa shape index (κ1) is 15.2. The van der Waals surface area contributed by atoms with Gasteiger partial charge in [-0.1, -0.05) is 0 Å². The van der Waals surface area contributed by atoms with Gasteiger partial charge in [0, 0.05) is 17.6 Å². The van der Waals surface area contributed by atoms with Gasteiger partial charge in [0.1, 0.15) is 29.4 Å². The molecule has 4 rings (SSSR count). The summed E-state index contributed by atoms with van der Waals surface area (Å²) < 4.78 is 7.22. The average Bonchev–Trinajstić information content (AvgIpc) is 2.95. The van der Waals surface area contributed by atoms with E-state index in [9.17, 15) is 20.1 Å². The number of ether oxygens (including phenoxy) is 1. The summed E-state index contributed by atoms with van der Waals surface area (Å²) in [7, 11) is 0. The number of aliphatic hydroxyl groups excluding tert-OH is 2. The van der Waals surface area contributed by atoms with E-state index in [-0.39, 0.29) is 5.56 Å². The highest BCUT2D eigenvalue weighted by molar-refractivity contribution is 6.06. The fourth-order valence-corrected chi connectivity index (χ4v) is 3.23. The second-order valence-electron chi connectivity index (χ2n) is 6.10. The van der Waals surface area contributed by atoms with Crippen LogP contribution in [0.25, 0.3) is 10.8 Å². The van der Waals surface area contributed by atoms with Gasteiger partial charge < -0.3 is 29.9 Å². The van der Waals surface area contributed by atoms with Crippen molar-refractivity contribution >= 4 is 28.7 Å². The molecule has 0 amide bonds. The molecule has 9 heteroatoms. The Balaban J connectivity index is 1.94. The van der Waals surface area contributed by atoms with E-state index in [4.69, 9.17) is 4.74 Å². The van der Waals surface area contributed by atoms with Crippen LogP contribution in [0, 0.1) is 0 Å². The van der Waals surface area contributed by atoms with Gasteiger partial charge in [-0.15, -0.1) is 0 Å². The Bertz CT molecular complexity index is 907. The molecule has 9 nitrogen and oxygen atoms in total. The van der Waals surface area contributed by atoms with E-state index >= 15 is 0 Å². The standard InChI is InChI=1S/C15H16N4O5/c1-15(23)11(22)8(5-20)24-14(15)19-4-7-2-3-9(21)18-12-10(7)13(19)17-6-16-12/h2-4,6,8,11,14,20,22-23H,5H2,1H3,(H,16,17,18,21)/t8?,11-,14?,15?/m1/s1. The molecule has 0 radical (unpaired) electrons. The van der Waals surface area contributed by atoms with Crippen molar-refractivity contribution in [1.82, 2.24) is 9.55 Å². The first-order valence-corrected chi connectivity index (χ1v) is 7.45. The highest BCUT2D eigenvalue weighted by Crippen LogP contribution is 2.44. The Hall–Kier alpha value is -2.33. The number of aromatic nitrogens is 2. The Labute approximate surface area is 135 Å². The van der Waals surface area contributed by atoms with Gasteiger partial charge in [0.05, 0.1) is 18.3 Å². The van der Waals surface area contributed by atoms with E-state index in [2.05, 4.69) is 15.3 Å². The molecule has 2 aliphatic rings. The number of hydrogen-bond donors (Lipinski definition) is 4. The van der Waals surface area contributed by atoms with Crippen LogP contribution in [0.15, 0.2) is 28.1 Å². The summed E-state index contributed by atoms with van der Waals surface area (Å²) >= 11 is 0. The van der Waals surface area contributed by atoms with Crippen LogP contribution in [0.4, 0.5) is 11.6 Å². The van der Waals surface area contributed by atoms with Gasteiger partial charge in [-0.2, -0.15) is 4.98 Å². The van der Waals surface area contributed by atoms with Crippen LogP contribution in [0.5, 0.6) is 0 Å². The van der Waals surface area contributed by atoms with Gasteiger partial charge in [-0.25, -0.2) is 4.99 Å². The quantitative estimate of drug-likeness (QED) is 0.582. The number of anilines is 1. The third-order valence-corrected chi connectivity index (χ3v) is 4.47. The van der Waals surface area contributed by atoms with Crippen LogP contribution in [0.1, 0.15) is 13.2 Å². The van der Waals surface area contributed by atoms with Crippen molar-refractivity contribution in [1.29, 1.82) is 0 Å². The maximum absolute atomic E-state index is 11.6. The lowest BCUT2D eigenvalue weighted by Gasteiger charge is -2.28. The Kier molecular flexibility index (Phi) is 3.22. The summed E-state index contributed by atoms with van der Waals surface area (Å²) in [5, 5.41) is 34.3. The number of nitrogens with zero attached hydrogens (tertiary/aromatic N) is 3. The van der Waals surface area contributed by atoms with Crippen LogP contribution in [0.3, 0.4) is 0 Å². The lowest BCUT2D eigenvalue weighted by molar-refractivity contribution is -0.0955. The van der Waals surface area contributed by atoms with Crippen molar-refractivity contribution in [2.45, 2.75) is 31.0 Å². The summed E-state index contributed by atoms with van der Waals surface area (Å²) in [6, 6.07) is 2.95. The minimum absolute atomic E-state index is 0.362. The van der Waals surface area contributed by atoms with E-state index in [1.165, 1.54) is 19.3 Å². The number of rotatable bonds is 2. The SMILES string of the molecule is CC1(O)C(n2cc3ccc(=O)nc4c3c2N=CN4)OC(CO)[C@H]1O. The molecule has 0 spiro atoms. The highest BCUT2D eigenvalue weighted by atomic mass is 16.6. The molecule has 4 atom stereocenters. The molecule has 4 N–H and O–H groups in total. The summed E-state index contributed by atoms with van der Waals surface area (Å²) in [6.07, 6.45) is -0.0464. The van der Waals surface area contributed by atoms with Gasteiger partial charge in [-0.05, 0) is 13.0 Å². The molecule has 0 bridgehead atoms. The molecule has 126 valence electrons. The Morgan fingerprint density at radius 1 is 1.46 bits per heavy atom. The van der Waals surface area contributed by atoms with E-state index in [0.29, 0.717) is 22.4 Å². The lowest BCUT2D eigenvalue weighted by atomic mass is 9.96. The van der Waals surface area contributed by atoms with Crippen molar-refractivity contribution in [2.75, 3.05) is 11.9 Å². The molecule has 0 saturated carbocycles. The van der Waals surface area contributed by atoms with Crippen molar-refractivity contribution in [3.05, 3.63) is 28.7 Å². The average molecular weight is 332 g/mol. The highest BCUT2D eigenvalue weighted by Gasteiger charge is 2.53.